The van der Waals surface area contributed by atoms with E-state index in [0.717, 1.165) is 4.68 Å². The first-order valence-electron chi connectivity index (χ1n) is 5.44. The van der Waals surface area contributed by atoms with E-state index in [0.29, 0.717) is 31.9 Å². The summed E-state index contributed by atoms with van der Waals surface area (Å²) in [5, 5.41) is 17.6. The van der Waals surface area contributed by atoms with Gasteiger partial charge in [0, 0.05) is 18.8 Å². The first-order chi connectivity index (χ1) is 9.47. The molecule has 7 nitrogen and oxygen atoms in total. The van der Waals surface area contributed by atoms with Crippen LogP contribution >= 0.6 is 27.5 Å². The van der Waals surface area contributed by atoms with Crippen LogP contribution in [0.25, 0.3) is 22.3 Å². The van der Waals surface area contributed by atoms with Gasteiger partial charge >= 0.3 is 6.09 Å². The topological polar surface area (TPSA) is 85.8 Å². The first-order valence-corrected chi connectivity index (χ1v) is 6.61. The second kappa shape index (κ2) is 4.57. The van der Waals surface area contributed by atoms with Gasteiger partial charge in [0.05, 0.1) is 11.2 Å². The number of hydrogen-bond acceptors (Lipinski definition) is 4. The van der Waals surface area contributed by atoms with E-state index >= 15 is 0 Å². The third-order valence-electron chi connectivity index (χ3n) is 2.73. The number of aromatic nitrogens is 5. The molecule has 0 saturated heterocycles. The molecule has 1 N–H and O–H groups in total. The van der Waals surface area contributed by atoms with Crippen molar-refractivity contribution in [1.29, 1.82) is 0 Å². The van der Waals surface area contributed by atoms with Crippen LogP contribution < -0.4 is 0 Å². The van der Waals surface area contributed by atoms with E-state index in [2.05, 4.69) is 31.1 Å². The van der Waals surface area contributed by atoms with Crippen molar-refractivity contribution in [2.75, 3.05) is 0 Å². The summed E-state index contributed by atoms with van der Waals surface area (Å²) in [5.74, 6) is 0. The van der Waals surface area contributed by atoms with Crippen LogP contribution in [0.1, 0.15) is 0 Å². The molecule has 3 aromatic heterocycles. The fraction of sp³-hybridized carbons (Fsp3) is 0.0909. The van der Waals surface area contributed by atoms with E-state index in [1.807, 2.05) is 0 Å². The fourth-order valence-electron chi connectivity index (χ4n) is 1.88. The number of fused-ring (bicyclic) bond motifs is 1. The maximum absolute atomic E-state index is 11.3. The van der Waals surface area contributed by atoms with E-state index in [9.17, 15) is 9.90 Å². The SMILES string of the molecule is Cn1cc(-c2nn(C(=O)O)c3cc(Cl)c(Br)nc23)cn1. The molecule has 0 amide bonds. The Bertz CT molecular complexity index is 841. The van der Waals surface area contributed by atoms with Crippen LogP contribution in [0.15, 0.2) is 23.1 Å². The van der Waals surface area contributed by atoms with Crippen molar-refractivity contribution in [3.8, 4) is 11.3 Å². The van der Waals surface area contributed by atoms with Gasteiger partial charge in [-0.2, -0.15) is 14.9 Å². The number of carbonyl (C=O) groups is 1. The molecule has 0 saturated carbocycles. The first kappa shape index (κ1) is 13.1. The van der Waals surface area contributed by atoms with Gasteiger partial charge in [-0.25, -0.2) is 9.78 Å². The predicted octanol–water partition coefficient (Wildman–Crippen LogP) is 2.77. The van der Waals surface area contributed by atoms with Gasteiger partial charge in [0.15, 0.2) is 0 Å². The maximum Gasteiger partial charge on any atom is 0.432 e. The van der Waals surface area contributed by atoms with Crippen LogP contribution in [-0.4, -0.2) is 35.7 Å². The molecule has 0 spiro atoms. The molecule has 20 heavy (non-hydrogen) atoms. The Morgan fingerprint density at radius 3 is 2.85 bits per heavy atom. The lowest BCUT2D eigenvalue weighted by Crippen LogP contribution is -2.09. The Balaban J connectivity index is 2.38. The van der Waals surface area contributed by atoms with Crippen LogP contribution in [0.5, 0.6) is 0 Å². The minimum absolute atomic E-state index is 0.317. The summed E-state index contributed by atoms with van der Waals surface area (Å²) in [7, 11) is 1.76. The van der Waals surface area contributed by atoms with E-state index < -0.39 is 6.09 Å². The number of hydrogen-bond donors (Lipinski definition) is 1. The quantitative estimate of drug-likeness (QED) is 0.678. The molecular weight excluding hydrogens is 350 g/mol. The molecule has 0 atom stereocenters. The number of pyridine rings is 1. The highest BCUT2D eigenvalue weighted by Gasteiger charge is 2.20. The van der Waals surface area contributed by atoms with Gasteiger partial charge in [-0.15, -0.1) is 0 Å². The van der Waals surface area contributed by atoms with Crippen LogP contribution in [0.3, 0.4) is 0 Å². The summed E-state index contributed by atoms with van der Waals surface area (Å²) >= 11 is 9.19. The lowest BCUT2D eigenvalue weighted by molar-refractivity contribution is 0.194. The highest BCUT2D eigenvalue weighted by molar-refractivity contribution is 9.10. The summed E-state index contributed by atoms with van der Waals surface area (Å²) in [6.07, 6.45) is 2.13. The third-order valence-corrected chi connectivity index (χ3v) is 3.85. The average Bonchev–Trinajstić information content (AvgIpc) is 2.94. The van der Waals surface area contributed by atoms with Crippen LogP contribution in [-0.2, 0) is 7.05 Å². The Labute approximate surface area is 125 Å². The minimum Gasteiger partial charge on any atom is -0.463 e. The van der Waals surface area contributed by atoms with E-state index in [4.69, 9.17) is 11.6 Å². The standard InChI is InChI=1S/C11H7BrClN5O2/c1-17-4-5(3-14-17)8-9-7(18(16-8)11(19)20)2-6(13)10(12)15-9/h2-4H,1H3,(H,19,20). The summed E-state index contributed by atoms with van der Waals surface area (Å²) in [6, 6.07) is 1.51. The number of halogens is 2. The van der Waals surface area contributed by atoms with E-state index in [-0.39, 0.29) is 0 Å². The van der Waals surface area contributed by atoms with Gasteiger partial charge in [-0.05, 0) is 22.0 Å². The Morgan fingerprint density at radius 1 is 1.50 bits per heavy atom. The van der Waals surface area contributed by atoms with Gasteiger partial charge in [-0.3, -0.25) is 4.68 Å². The van der Waals surface area contributed by atoms with Gasteiger partial charge < -0.3 is 5.11 Å². The van der Waals surface area contributed by atoms with E-state index in [1.165, 1.54) is 6.07 Å². The molecule has 0 aromatic carbocycles. The molecule has 3 heterocycles. The molecule has 0 fully saturated rings. The lowest BCUT2D eigenvalue weighted by atomic mass is 10.2. The zero-order valence-corrected chi connectivity index (χ0v) is 12.4. The second-order valence-electron chi connectivity index (χ2n) is 4.07. The van der Waals surface area contributed by atoms with Crippen molar-refractivity contribution in [3.05, 3.63) is 28.1 Å². The number of carboxylic acid groups (broad SMARTS) is 1. The van der Waals surface area contributed by atoms with E-state index in [1.54, 1.807) is 24.1 Å². The molecule has 3 rings (SSSR count). The molecule has 0 unspecified atom stereocenters. The summed E-state index contributed by atoms with van der Waals surface area (Å²) in [6.45, 7) is 0. The molecule has 0 aliphatic heterocycles. The average molecular weight is 357 g/mol. The van der Waals surface area contributed by atoms with Gasteiger partial charge in [0.1, 0.15) is 21.3 Å². The Hall–Kier alpha value is -1.93. The van der Waals surface area contributed by atoms with Crippen molar-refractivity contribution in [3.63, 3.8) is 0 Å². The summed E-state index contributed by atoms with van der Waals surface area (Å²) in [5.41, 5.74) is 1.88. The molecule has 0 bridgehead atoms. The Kier molecular flexibility index (Phi) is 2.98. The number of rotatable bonds is 1. The van der Waals surface area contributed by atoms with Crippen molar-refractivity contribution >= 4 is 44.7 Å². The summed E-state index contributed by atoms with van der Waals surface area (Å²) < 4.78 is 2.89. The number of nitrogens with zero attached hydrogens (tertiary/aromatic N) is 5. The van der Waals surface area contributed by atoms with Crippen molar-refractivity contribution in [2.45, 2.75) is 0 Å². The predicted molar refractivity (Wildman–Crippen MR) is 75.9 cm³/mol. The Morgan fingerprint density at radius 2 is 2.25 bits per heavy atom. The third kappa shape index (κ3) is 1.97. The van der Waals surface area contributed by atoms with Gasteiger partial charge in [-0.1, -0.05) is 11.6 Å². The highest BCUT2D eigenvalue weighted by Crippen LogP contribution is 2.31. The van der Waals surface area contributed by atoms with Gasteiger partial charge in [0.2, 0.25) is 0 Å². The zero-order valence-electron chi connectivity index (χ0n) is 10.1. The van der Waals surface area contributed by atoms with Gasteiger partial charge in [0.25, 0.3) is 0 Å². The van der Waals surface area contributed by atoms with Crippen molar-refractivity contribution in [2.24, 2.45) is 7.05 Å². The molecule has 3 aromatic rings. The smallest absolute Gasteiger partial charge is 0.432 e. The molecule has 102 valence electrons. The molecule has 0 aliphatic rings. The monoisotopic (exact) mass is 355 g/mol. The summed E-state index contributed by atoms with van der Waals surface area (Å²) in [4.78, 5) is 15.5. The van der Waals surface area contributed by atoms with Crippen LogP contribution in [0.2, 0.25) is 5.02 Å². The maximum atomic E-state index is 11.3. The zero-order chi connectivity index (χ0) is 14.4. The largest absolute Gasteiger partial charge is 0.463 e. The normalized spacial score (nSPS) is 11.2. The fourth-order valence-corrected chi connectivity index (χ4v) is 2.31. The van der Waals surface area contributed by atoms with Crippen molar-refractivity contribution in [1.82, 2.24) is 24.5 Å². The van der Waals surface area contributed by atoms with Crippen LogP contribution in [0, 0.1) is 0 Å². The lowest BCUT2D eigenvalue weighted by Gasteiger charge is -1.97. The van der Waals surface area contributed by atoms with Crippen molar-refractivity contribution < 1.29 is 9.90 Å². The number of aryl methyl sites for hydroxylation is 1. The highest BCUT2D eigenvalue weighted by atomic mass is 79.9. The molecule has 0 radical (unpaired) electrons. The second-order valence-corrected chi connectivity index (χ2v) is 5.23. The molecular formula is C11H7BrClN5O2. The molecule has 9 heteroatoms. The molecule has 0 aliphatic carbocycles. The van der Waals surface area contributed by atoms with Crippen LogP contribution in [0.4, 0.5) is 4.79 Å². The minimum atomic E-state index is -1.20.